The highest BCUT2D eigenvalue weighted by molar-refractivity contribution is 7.99. The van der Waals surface area contributed by atoms with Crippen molar-refractivity contribution in [1.29, 1.82) is 0 Å². The van der Waals surface area contributed by atoms with Crippen molar-refractivity contribution in [3.05, 3.63) is 58.0 Å². The minimum absolute atomic E-state index is 0.00557. The van der Waals surface area contributed by atoms with Crippen molar-refractivity contribution in [3.63, 3.8) is 0 Å². The Bertz CT molecular complexity index is 742. The van der Waals surface area contributed by atoms with Crippen LogP contribution in [0.3, 0.4) is 0 Å². The van der Waals surface area contributed by atoms with Gasteiger partial charge in [0.05, 0.1) is 6.04 Å². The number of hydrogen-bond acceptors (Lipinski definition) is 4. The zero-order valence-corrected chi connectivity index (χ0v) is 12.4. The van der Waals surface area contributed by atoms with E-state index in [4.69, 9.17) is 0 Å². The van der Waals surface area contributed by atoms with Crippen LogP contribution in [0.2, 0.25) is 0 Å². The van der Waals surface area contributed by atoms with Gasteiger partial charge < -0.3 is 5.32 Å². The fraction of sp³-hybridized carbons (Fsp3) is 0.267. The molecule has 21 heavy (non-hydrogen) atoms. The molecular weight excluding hydrogens is 286 g/mol. The van der Waals surface area contributed by atoms with E-state index in [1.165, 1.54) is 28.8 Å². The van der Waals surface area contributed by atoms with Crippen LogP contribution >= 0.6 is 11.8 Å². The maximum atomic E-state index is 12.3. The second-order valence-electron chi connectivity index (χ2n) is 4.88. The van der Waals surface area contributed by atoms with Gasteiger partial charge in [-0.05, 0) is 24.1 Å². The number of carbonyl (C=O) groups is 1. The van der Waals surface area contributed by atoms with E-state index < -0.39 is 0 Å². The summed E-state index contributed by atoms with van der Waals surface area (Å²) in [6, 6.07) is 10.9. The number of nitrogens with one attached hydrogen (secondary N) is 1. The minimum Gasteiger partial charge on any atom is -0.344 e. The Hall–Kier alpha value is -2.08. The number of rotatable bonds is 2. The fourth-order valence-electron chi connectivity index (χ4n) is 2.35. The Morgan fingerprint density at radius 1 is 1.33 bits per heavy atom. The normalized spacial score (nSPS) is 17.1. The molecule has 108 valence electrons. The molecule has 0 saturated heterocycles. The molecule has 3 rings (SSSR count). The molecule has 1 amide bonds. The smallest absolute Gasteiger partial charge is 0.272 e. The van der Waals surface area contributed by atoms with Gasteiger partial charge in [0.1, 0.15) is 5.69 Å². The summed E-state index contributed by atoms with van der Waals surface area (Å²) in [4.78, 5) is 24.8. The molecule has 1 aliphatic heterocycles. The standard InChI is InChI=1S/C15H15N3O2S/c1-18-14(19)7-6-12(17-18)15(20)16-11-8-9-21-13-5-3-2-4-10(11)13/h2-7,11H,8-9H2,1H3,(H,16,20). The van der Waals surface area contributed by atoms with Crippen LogP contribution in [0.1, 0.15) is 28.5 Å². The van der Waals surface area contributed by atoms with Crippen molar-refractivity contribution in [2.45, 2.75) is 17.4 Å². The summed E-state index contributed by atoms with van der Waals surface area (Å²) >= 11 is 1.81. The van der Waals surface area contributed by atoms with Gasteiger partial charge >= 0.3 is 0 Å². The molecule has 1 aromatic heterocycles. The fourth-order valence-corrected chi connectivity index (χ4v) is 3.47. The number of amides is 1. The largest absolute Gasteiger partial charge is 0.344 e. The average molecular weight is 301 g/mol. The molecule has 1 N–H and O–H groups in total. The second-order valence-corrected chi connectivity index (χ2v) is 6.02. The van der Waals surface area contributed by atoms with Gasteiger partial charge in [0.15, 0.2) is 0 Å². The quantitative estimate of drug-likeness (QED) is 0.918. The molecule has 0 spiro atoms. The highest BCUT2D eigenvalue weighted by atomic mass is 32.2. The lowest BCUT2D eigenvalue weighted by atomic mass is 10.0. The molecule has 2 heterocycles. The third-order valence-corrected chi connectivity index (χ3v) is 4.58. The Kier molecular flexibility index (Phi) is 3.79. The van der Waals surface area contributed by atoms with Crippen LogP contribution in [0.25, 0.3) is 0 Å². The summed E-state index contributed by atoms with van der Waals surface area (Å²) in [5, 5.41) is 6.99. The van der Waals surface area contributed by atoms with Crippen LogP contribution in [0.5, 0.6) is 0 Å². The average Bonchev–Trinajstić information content (AvgIpc) is 2.50. The number of carbonyl (C=O) groups excluding carboxylic acids is 1. The van der Waals surface area contributed by atoms with Crippen molar-refractivity contribution in [2.75, 3.05) is 5.75 Å². The molecule has 0 radical (unpaired) electrons. The first-order valence-corrected chi connectivity index (χ1v) is 7.70. The predicted molar refractivity (Wildman–Crippen MR) is 81.5 cm³/mol. The van der Waals surface area contributed by atoms with Crippen LogP contribution < -0.4 is 10.9 Å². The van der Waals surface area contributed by atoms with E-state index in [0.717, 1.165) is 17.7 Å². The van der Waals surface area contributed by atoms with Gasteiger partial charge in [-0.25, -0.2) is 4.68 Å². The summed E-state index contributed by atoms with van der Waals surface area (Å²) in [7, 11) is 1.53. The van der Waals surface area contributed by atoms with Crippen molar-refractivity contribution in [2.24, 2.45) is 7.05 Å². The van der Waals surface area contributed by atoms with Crippen molar-refractivity contribution in [3.8, 4) is 0 Å². The van der Waals surface area contributed by atoms with E-state index in [1.807, 2.05) is 30.0 Å². The number of hydrogen-bond donors (Lipinski definition) is 1. The molecule has 6 heteroatoms. The molecule has 1 atom stereocenters. The monoisotopic (exact) mass is 301 g/mol. The number of benzene rings is 1. The van der Waals surface area contributed by atoms with Gasteiger partial charge in [-0.2, -0.15) is 5.10 Å². The van der Waals surface area contributed by atoms with Crippen molar-refractivity contribution in [1.82, 2.24) is 15.1 Å². The van der Waals surface area contributed by atoms with E-state index >= 15 is 0 Å². The molecule has 5 nitrogen and oxygen atoms in total. The molecule has 1 aromatic carbocycles. The van der Waals surface area contributed by atoms with E-state index in [0.29, 0.717) is 0 Å². The molecule has 0 aliphatic carbocycles. The summed E-state index contributed by atoms with van der Waals surface area (Å²) in [5.74, 6) is 0.722. The number of thioether (sulfide) groups is 1. The number of aromatic nitrogens is 2. The van der Waals surface area contributed by atoms with Gasteiger partial charge in [-0.1, -0.05) is 18.2 Å². The number of nitrogens with zero attached hydrogens (tertiary/aromatic N) is 2. The first-order chi connectivity index (χ1) is 10.1. The third-order valence-electron chi connectivity index (χ3n) is 3.46. The van der Waals surface area contributed by atoms with E-state index in [2.05, 4.69) is 16.5 Å². The minimum atomic E-state index is -0.252. The molecule has 0 fully saturated rings. The highest BCUT2D eigenvalue weighted by Crippen LogP contribution is 2.35. The highest BCUT2D eigenvalue weighted by Gasteiger charge is 2.22. The van der Waals surface area contributed by atoms with Gasteiger partial charge in [0, 0.05) is 23.8 Å². The van der Waals surface area contributed by atoms with Gasteiger partial charge in [-0.15, -0.1) is 11.8 Å². The van der Waals surface area contributed by atoms with E-state index in [1.54, 1.807) is 0 Å². The summed E-state index contributed by atoms with van der Waals surface area (Å²) < 4.78 is 1.17. The molecule has 1 unspecified atom stereocenters. The van der Waals surface area contributed by atoms with E-state index in [9.17, 15) is 9.59 Å². The molecule has 1 aliphatic rings. The summed E-state index contributed by atoms with van der Waals surface area (Å²) in [6.45, 7) is 0. The van der Waals surface area contributed by atoms with Crippen LogP contribution in [0, 0.1) is 0 Å². The first kappa shape index (κ1) is 13.9. The van der Waals surface area contributed by atoms with Crippen molar-refractivity contribution < 1.29 is 4.79 Å². The van der Waals surface area contributed by atoms with Gasteiger partial charge in [0.25, 0.3) is 11.5 Å². The second kappa shape index (κ2) is 5.73. The number of aryl methyl sites for hydroxylation is 1. The van der Waals surface area contributed by atoms with Gasteiger partial charge in [0.2, 0.25) is 0 Å². The lowest BCUT2D eigenvalue weighted by molar-refractivity contribution is 0.0927. The lowest BCUT2D eigenvalue weighted by Gasteiger charge is -2.25. The number of fused-ring (bicyclic) bond motifs is 1. The summed E-state index contributed by atoms with van der Waals surface area (Å²) in [5.41, 5.74) is 1.17. The Morgan fingerprint density at radius 3 is 2.95 bits per heavy atom. The lowest BCUT2D eigenvalue weighted by Crippen LogP contribution is -2.33. The third kappa shape index (κ3) is 2.85. The van der Waals surface area contributed by atoms with E-state index in [-0.39, 0.29) is 23.2 Å². The van der Waals surface area contributed by atoms with Crippen LogP contribution in [-0.2, 0) is 7.05 Å². The maximum Gasteiger partial charge on any atom is 0.272 e. The van der Waals surface area contributed by atoms with Crippen LogP contribution in [0.4, 0.5) is 0 Å². The van der Waals surface area contributed by atoms with Crippen molar-refractivity contribution >= 4 is 17.7 Å². The van der Waals surface area contributed by atoms with Crippen LogP contribution in [-0.4, -0.2) is 21.4 Å². The molecule has 0 bridgehead atoms. The SMILES string of the molecule is Cn1nc(C(=O)NC2CCSc3ccccc32)ccc1=O. The van der Waals surface area contributed by atoms with Crippen LogP contribution in [0.15, 0.2) is 46.1 Å². The van der Waals surface area contributed by atoms with Gasteiger partial charge in [-0.3, -0.25) is 9.59 Å². The predicted octanol–water partition coefficient (Wildman–Crippen LogP) is 1.75. The topological polar surface area (TPSA) is 64.0 Å². The zero-order valence-electron chi connectivity index (χ0n) is 11.6. The Balaban J connectivity index is 1.82. The maximum absolute atomic E-state index is 12.3. The first-order valence-electron chi connectivity index (χ1n) is 6.72. The zero-order chi connectivity index (χ0) is 14.8. The summed E-state index contributed by atoms with van der Waals surface area (Å²) in [6.07, 6.45) is 0.888. The molecular formula is C15H15N3O2S. The molecule has 0 saturated carbocycles. The molecule has 2 aromatic rings. The Morgan fingerprint density at radius 2 is 2.14 bits per heavy atom. The Labute approximate surface area is 126 Å².